The van der Waals surface area contributed by atoms with Gasteiger partial charge in [0, 0.05) is 43.3 Å². The minimum absolute atomic E-state index is 0.0167. The van der Waals surface area contributed by atoms with Crippen LogP contribution >= 0.6 is 0 Å². The number of para-hydroxylation sites is 1. The quantitative estimate of drug-likeness (QED) is 0.871. The van der Waals surface area contributed by atoms with E-state index in [2.05, 4.69) is 4.98 Å². The van der Waals surface area contributed by atoms with Gasteiger partial charge in [-0.15, -0.1) is 0 Å². The molecule has 2 heterocycles. The first kappa shape index (κ1) is 11.8. The Morgan fingerprint density at radius 3 is 2.63 bits per heavy atom. The van der Waals surface area contributed by atoms with E-state index in [1.54, 1.807) is 16.0 Å². The molecule has 1 aromatic carbocycles. The van der Waals surface area contributed by atoms with Gasteiger partial charge in [-0.25, -0.2) is 0 Å². The van der Waals surface area contributed by atoms with Gasteiger partial charge >= 0.3 is 6.41 Å². The van der Waals surface area contributed by atoms with Crippen molar-refractivity contribution in [2.75, 3.05) is 26.2 Å². The van der Waals surface area contributed by atoms with E-state index in [1.807, 2.05) is 30.7 Å². The smallest absolute Gasteiger partial charge is 0.312 e. The van der Waals surface area contributed by atoms with E-state index in [0.29, 0.717) is 31.7 Å². The SMILES string of the molecule is O=[C]N1CCN(C(=O)c2c[nH]c3ccccc23)CC1. The van der Waals surface area contributed by atoms with Crippen molar-refractivity contribution in [2.45, 2.75) is 0 Å². The van der Waals surface area contributed by atoms with Crippen LogP contribution in [0.2, 0.25) is 0 Å². The summed E-state index contributed by atoms with van der Waals surface area (Å²) in [5, 5.41) is 0.942. The third-order valence-electron chi connectivity index (χ3n) is 3.52. The summed E-state index contributed by atoms with van der Waals surface area (Å²) in [6.07, 6.45) is 3.62. The molecule has 5 heteroatoms. The number of aromatic nitrogens is 1. The topological polar surface area (TPSA) is 56.4 Å². The maximum absolute atomic E-state index is 12.5. The molecule has 3 rings (SSSR count). The molecule has 0 aliphatic carbocycles. The molecule has 19 heavy (non-hydrogen) atoms. The number of aromatic amines is 1. The average molecular weight is 256 g/mol. The highest BCUT2D eigenvalue weighted by Gasteiger charge is 2.23. The van der Waals surface area contributed by atoms with Gasteiger partial charge in [0.2, 0.25) is 0 Å². The van der Waals surface area contributed by atoms with E-state index in [1.165, 1.54) is 0 Å². The maximum Gasteiger partial charge on any atom is 0.312 e. The number of benzene rings is 1. The standard InChI is InChI=1S/C14H14N3O2/c18-10-16-5-7-17(8-6-16)14(19)12-9-15-13-4-2-1-3-11(12)13/h1-4,9,15H,5-8H2. The summed E-state index contributed by atoms with van der Waals surface area (Å²) in [6.45, 7) is 2.23. The zero-order valence-electron chi connectivity index (χ0n) is 10.4. The Balaban J connectivity index is 1.82. The number of hydrogen-bond acceptors (Lipinski definition) is 2. The van der Waals surface area contributed by atoms with Gasteiger partial charge in [0.25, 0.3) is 5.91 Å². The fourth-order valence-electron chi connectivity index (χ4n) is 2.42. The number of nitrogens with one attached hydrogen (secondary N) is 1. The van der Waals surface area contributed by atoms with Crippen LogP contribution in [0.1, 0.15) is 10.4 Å². The van der Waals surface area contributed by atoms with Crippen LogP contribution in [0.3, 0.4) is 0 Å². The highest BCUT2D eigenvalue weighted by atomic mass is 16.2. The summed E-state index contributed by atoms with van der Waals surface area (Å²) in [5.41, 5.74) is 1.66. The van der Waals surface area contributed by atoms with Gasteiger partial charge in [-0.05, 0) is 6.07 Å². The number of carbonyl (C=O) groups excluding carboxylic acids is 2. The number of H-pyrrole nitrogens is 1. The molecule has 5 nitrogen and oxygen atoms in total. The predicted molar refractivity (Wildman–Crippen MR) is 71.5 cm³/mol. The summed E-state index contributed by atoms with van der Waals surface area (Å²) in [5.74, 6) is 0.0167. The molecule has 1 fully saturated rings. The molecule has 0 saturated carbocycles. The van der Waals surface area contributed by atoms with Crippen LogP contribution in [0.25, 0.3) is 10.9 Å². The lowest BCUT2D eigenvalue weighted by atomic mass is 10.1. The number of rotatable bonds is 2. The summed E-state index contributed by atoms with van der Waals surface area (Å²) >= 11 is 0. The molecule has 0 unspecified atom stereocenters. The van der Waals surface area contributed by atoms with Gasteiger partial charge in [-0.1, -0.05) is 18.2 Å². The van der Waals surface area contributed by atoms with Crippen LogP contribution in [-0.4, -0.2) is 53.3 Å². The number of hydrogen-bond donors (Lipinski definition) is 1. The van der Waals surface area contributed by atoms with Crippen molar-refractivity contribution in [3.63, 3.8) is 0 Å². The molecule has 0 spiro atoms. The molecule has 1 aliphatic rings. The average Bonchev–Trinajstić information content (AvgIpc) is 2.90. The zero-order chi connectivity index (χ0) is 13.2. The van der Waals surface area contributed by atoms with Gasteiger partial charge in [0.1, 0.15) is 0 Å². The van der Waals surface area contributed by atoms with Crippen LogP contribution in [0, 0.1) is 0 Å². The van der Waals surface area contributed by atoms with E-state index in [9.17, 15) is 9.59 Å². The van der Waals surface area contributed by atoms with E-state index in [4.69, 9.17) is 0 Å². The first-order valence-electron chi connectivity index (χ1n) is 6.28. The van der Waals surface area contributed by atoms with Gasteiger partial charge in [0.05, 0.1) is 5.56 Å². The van der Waals surface area contributed by atoms with E-state index in [-0.39, 0.29) is 5.91 Å². The van der Waals surface area contributed by atoms with Crippen LogP contribution in [0.5, 0.6) is 0 Å². The lowest BCUT2D eigenvalue weighted by Crippen LogP contribution is -2.48. The molecule has 1 saturated heterocycles. The molecule has 1 aliphatic heterocycles. The second kappa shape index (κ2) is 4.76. The van der Waals surface area contributed by atoms with Crippen molar-refractivity contribution in [3.05, 3.63) is 36.0 Å². The van der Waals surface area contributed by atoms with Crippen molar-refractivity contribution in [1.82, 2.24) is 14.8 Å². The van der Waals surface area contributed by atoms with Gasteiger partial charge in [0.15, 0.2) is 0 Å². The normalized spacial score (nSPS) is 15.8. The van der Waals surface area contributed by atoms with Crippen LogP contribution in [-0.2, 0) is 4.79 Å². The van der Waals surface area contributed by atoms with E-state index >= 15 is 0 Å². The Morgan fingerprint density at radius 2 is 1.89 bits per heavy atom. The number of carbonyl (C=O) groups is 1. The predicted octanol–water partition coefficient (Wildman–Crippen LogP) is 0.993. The molecule has 0 bridgehead atoms. The van der Waals surface area contributed by atoms with Crippen molar-refractivity contribution in [3.8, 4) is 0 Å². The minimum atomic E-state index is 0.0167. The summed E-state index contributed by atoms with van der Waals surface area (Å²) < 4.78 is 0. The molecule has 97 valence electrons. The van der Waals surface area contributed by atoms with Gasteiger partial charge in [-0.2, -0.15) is 0 Å². The second-order valence-corrected chi connectivity index (χ2v) is 4.62. The minimum Gasteiger partial charge on any atom is -0.360 e. The van der Waals surface area contributed by atoms with E-state index in [0.717, 1.165) is 10.9 Å². The lowest BCUT2D eigenvalue weighted by Gasteiger charge is -2.31. The maximum atomic E-state index is 12.5. The molecular formula is C14H14N3O2. The highest BCUT2D eigenvalue weighted by molar-refractivity contribution is 6.06. The van der Waals surface area contributed by atoms with Crippen molar-refractivity contribution in [2.24, 2.45) is 0 Å². The number of fused-ring (bicyclic) bond motifs is 1. The van der Waals surface area contributed by atoms with Crippen LogP contribution in [0.15, 0.2) is 30.5 Å². The summed E-state index contributed by atoms with van der Waals surface area (Å²) in [7, 11) is 0. The molecule has 1 aromatic heterocycles. The number of amides is 2. The van der Waals surface area contributed by atoms with Gasteiger partial charge in [-0.3, -0.25) is 9.59 Å². The fourth-order valence-corrected chi connectivity index (χ4v) is 2.42. The molecular weight excluding hydrogens is 242 g/mol. The molecule has 1 radical (unpaired) electrons. The molecule has 1 N–H and O–H groups in total. The number of piperazine rings is 1. The van der Waals surface area contributed by atoms with Crippen molar-refractivity contribution in [1.29, 1.82) is 0 Å². The Morgan fingerprint density at radius 1 is 1.16 bits per heavy atom. The Hall–Kier alpha value is -2.30. The van der Waals surface area contributed by atoms with E-state index < -0.39 is 0 Å². The van der Waals surface area contributed by atoms with Gasteiger partial charge < -0.3 is 14.8 Å². The first-order chi connectivity index (χ1) is 9.29. The third kappa shape index (κ3) is 2.07. The fraction of sp³-hybridized carbons (Fsp3) is 0.286. The third-order valence-corrected chi connectivity index (χ3v) is 3.52. The molecule has 2 aromatic rings. The summed E-state index contributed by atoms with van der Waals surface area (Å²) in [6, 6.07) is 7.75. The van der Waals surface area contributed by atoms with Crippen molar-refractivity contribution < 1.29 is 9.59 Å². The van der Waals surface area contributed by atoms with Crippen molar-refractivity contribution >= 4 is 23.2 Å². The second-order valence-electron chi connectivity index (χ2n) is 4.62. The highest BCUT2D eigenvalue weighted by Crippen LogP contribution is 2.19. The largest absolute Gasteiger partial charge is 0.360 e. The lowest BCUT2D eigenvalue weighted by molar-refractivity contribution is 0.0692. The monoisotopic (exact) mass is 256 g/mol. The Labute approximate surface area is 110 Å². The molecule has 0 atom stereocenters. The first-order valence-corrected chi connectivity index (χ1v) is 6.28. The number of nitrogens with zero attached hydrogens (tertiary/aromatic N) is 2. The van der Waals surface area contributed by atoms with Crippen LogP contribution in [0.4, 0.5) is 0 Å². The molecule has 2 amide bonds. The zero-order valence-corrected chi connectivity index (χ0v) is 10.4. The summed E-state index contributed by atoms with van der Waals surface area (Å²) in [4.78, 5) is 29.4. The Kier molecular flexibility index (Phi) is 2.95. The van der Waals surface area contributed by atoms with Crippen LogP contribution < -0.4 is 0 Å². The Bertz CT molecular complexity index is 612.